The van der Waals surface area contributed by atoms with Gasteiger partial charge in [0.25, 0.3) is 0 Å². The third-order valence-corrected chi connectivity index (χ3v) is 16.3. The summed E-state index contributed by atoms with van der Waals surface area (Å²) in [7, 11) is 0. The third kappa shape index (κ3) is 67.9. The van der Waals surface area contributed by atoms with Crippen molar-refractivity contribution in [2.24, 2.45) is 0 Å². The Morgan fingerprint density at radius 3 is 0.744 bits per heavy atom. The fourth-order valence-electron chi connectivity index (χ4n) is 10.9. The van der Waals surface area contributed by atoms with Crippen molar-refractivity contribution >= 4 is 17.9 Å². The molecule has 6 nitrogen and oxygen atoms in total. The van der Waals surface area contributed by atoms with Crippen LogP contribution in [0.25, 0.3) is 0 Å². The van der Waals surface area contributed by atoms with Gasteiger partial charge in [-0.15, -0.1) is 0 Å². The second-order valence-electron chi connectivity index (χ2n) is 24.5. The molecular weight excluding hydrogens is 1010 g/mol. The highest BCUT2D eigenvalue weighted by Crippen LogP contribution is 2.19. The second-order valence-corrected chi connectivity index (χ2v) is 24.5. The number of allylic oxidation sites excluding steroid dienone is 10. The lowest BCUT2D eigenvalue weighted by Gasteiger charge is -2.18. The molecule has 0 aromatic rings. The molecule has 0 aliphatic rings. The van der Waals surface area contributed by atoms with E-state index in [1.807, 2.05) is 0 Å². The van der Waals surface area contributed by atoms with Crippen LogP contribution in [0.4, 0.5) is 0 Å². The Kier molecular flexibility index (Phi) is 68.1. The molecule has 0 rings (SSSR count). The van der Waals surface area contributed by atoms with Crippen LogP contribution in [-0.4, -0.2) is 37.2 Å². The fourth-order valence-corrected chi connectivity index (χ4v) is 10.9. The van der Waals surface area contributed by atoms with Crippen LogP contribution >= 0.6 is 0 Å². The van der Waals surface area contributed by atoms with E-state index in [0.717, 1.165) is 89.9 Å². The van der Waals surface area contributed by atoms with Crippen LogP contribution in [0, 0.1) is 0 Å². The predicted molar refractivity (Wildman–Crippen MR) is 358 cm³/mol. The zero-order valence-electron chi connectivity index (χ0n) is 55.0. The second kappa shape index (κ2) is 70.6. The average molecular weight is 1150 g/mol. The smallest absolute Gasteiger partial charge is 0.306 e. The Balaban J connectivity index is 3.95. The Bertz CT molecular complexity index is 1460. The molecule has 0 saturated carbocycles. The van der Waals surface area contributed by atoms with Crippen molar-refractivity contribution in [3.8, 4) is 0 Å². The molecule has 0 aliphatic heterocycles. The van der Waals surface area contributed by atoms with Gasteiger partial charge in [-0.2, -0.15) is 0 Å². The monoisotopic (exact) mass is 1150 g/mol. The van der Waals surface area contributed by atoms with Crippen LogP contribution in [0.2, 0.25) is 0 Å². The first-order valence-corrected chi connectivity index (χ1v) is 36.3. The molecule has 0 N–H and O–H groups in total. The molecule has 0 heterocycles. The summed E-state index contributed by atoms with van der Waals surface area (Å²) in [5, 5.41) is 0. The van der Waals surface area contributed by atoms with Gasteiger partial charge in [0.15, 0.2) is 6.10 Å². The first-order valence-electron chi connectivity index (χ1n) is 36.3. The van der Waals surface area contributed by atoms with Crippen LogP contribution in [0.3, 0.4) is 0 Å². The summed E-state index contributed by atoms with van der Waals surface area (Å²) in [4.78, 5) is 38.1. The Hall–Kier alpha value is -2.89. The number of hydrogen-bond acceptors (Lipinski definition) is 6. The van der Waals surface area contributed by atoms with E-state index in [-0.39, 0.29) is 31.1 Å². The summed E-state index contributed by atoms with van der Waals surface area (Å²) in [5.74, 6) is -0.851. The van der Waals surface area contributed by atoms with Crippen molar-refractivity contribution in [2.75, 3.05) is 13.2 Å². The molecule has 1 atom stereocenters. The summed E-state index contributed by atoms with van der Waals surface area (Å²) >= 11 is 0. The van der Waals surface area contributed by atoms with Crippen molar-refractivity contribution in [1.29, 1.82) is 0 Å². The van der Waals surface area contributed by atoms with Gasteiger partial charge in [0, 0.05) is 19.3 Å². The van der Waals surface area contributed by atoms with Crippen molar-refractivity contribution in [3.05, 3.63) is 60.8 Å². The van der Waals surface area contributed by atoms with E-state index in [2.05, 4.69) is 81.5 Å². The molecule has 0 bridgehead atoms. The summed E-state index contributed by atoms with van der Waals surface area (Å²) in [6, 6.07) is 0. The van der Waals surface area contributed by atoms with Crippen LogP contribution < -0.4 is 0 Å². The lowest BCUT2D eigenvalue weighted by atomic mass is 10.0. The molecule has 0 aromatic carbocycles. The molecule has 6 heteroatoms. The average Bonchev–Trinajstić information content (AvgIpc) is 3.47. The van der Waals surface area contributed by atoms with E-state index in [1.54, 1.807) is 0 Å². The van der Waals surface area contributed by atoms with E-state index in [0.29, 0.717) is 19.3 Å². The van der Waals surface area contributed by atoms with Crippen molar-refractivity contribution in [2.45, 2.75) is 393 Å². The minimum atomic E-state index is -0.767. The number of unbranched alkanes of at least 4 members (excludes halogenated alkanes) is 46. The van der Waals surface area contributed by atoms with Gasteiger partial charge < -0.3 is 14.2 Å². The number of ether oxygens (including phenoxy) is 3. The molecule has 0 fully saturated rings. The first kappa shape index (κ1) is 79.1. The van der Waals surface area contributed by atoms with Crippen molar-refractivity contribution in [3.63, 3.8) is 0 Å². The lowest BCUT2D eigenvalue weighted by molar-refractivity contribution is -0.167. The highest BCUT2D eigenvalue weighted by Gasteiger charge is 2.19. The standard InChI is InChI=1S/C76H138O6/c1-4-7-10-13-16-18-20-22-24-26-28-30-32-34-35-36-37-38-39-40-41-43-44-46-48-50-52-54-56-58-60-63-66-69-75(78)81-72-73(71-80-74(77)68-65-62-15-12-9-6-3)82-76(79)70-67-64-61-59-57-55-53-51-49-47-45-42-33-31-29-27-25-23-21-19-17-14-11-8-5-2/h7,10,16,18,22,24,28,30,34-35,73H,4-6,8-9,11-15,17,19-21,23,25-27,29,31-33,36-72H2,1-3H3/b10-7-,18-16-,24-22-,30-28-,35-34-. The topological polar surface area (TPSA) is 78.9 Å². The Labute approximate surface area is 510 Å². The van der Waals surface area contributed by atoms with Gasteiger partial charge in [-0.25, -0.2) is 0 Å². The fraction of sp³-hybridized carbons (Fsp3) is 0.829. The van der Waals surface area contributed by atoms with E-state index >= 15 is 0 Å². The van der Waals surface area contributed by atoms with Crippen LogP contribution in [-0.2, 0) is 28.6 Å². The van der Waals surface area contributed by atoms with Gasteiger partial charge in [0.05, 0.1) is 0 Å². The molecule has 0 amide bonds. The van der Waals surface area contributed by atoms with Gasteiger partial charge in [0.1, 0.15) is 13.2 Å². The number of carbonyl (C=O) groups is 3. The largest absolute Gasteiger partial charge is 0.462 e. The number of rotatable bonds is 67. The lowest BCUT2D eigenvalue weighted by Crippen LogP contribution is -2.30. The van der Waals surface area contributed by atoms with E-state index in [4.69, 9.17) is 14.2 Å². The molecule has 478 valence electrons. The highest BCUT2D eigenvalue weighted by molar-refractivity contribution is 5.71. The molecule has 0 radical (unpaired) electrons. The van der Waals surface area contributed by atoms with Crippen molar-refractivity contribution < 1.29 is 28.6 Å². The van der Waals surface area contributed by atoms with Gasteiger partial charge >= 0.3 is 17.9 Å². The van der Waals surface area contributed by atoms with Gasteiger partial charge in [-0.1, -0.05) is 364 Å². The molecule has 1 unspecified atom stereocenters. The van der Waals surface area contributed by atoms with Crippen LogP contribution in [0.15, 0.2) is 60.8 Å². The Morgan fingerprint density at radius 1 is 0.256 bits per heavy atom. The molecule has 82 heavy (non-hydrogen) atoms. The minimum absolute atomic E-state index is 0.0676. The highest BCUT2D eigenvalue weighted by atomic mass is 16.6. The van der Waals surface area contributed by atoms with Crippen molar-refractivity contribution in [1.82, 2.24) is 0 Å². The molecular formula is C76H138O6. The summed E-state index contributed by atoms with van der Waals surface area (Å²) in [5.41, 5.74) is 0. The first-order chi connectivity index (χ1) is 40.5. The van der Waals surface area contributed by atoms with Crippen LogP contribution in [0.1, 0.15) is 387 Å². The van der Waals surface area contributed by atoms with E-state index < -0.39 is 6.10 Å². The maximum absolute atomic E-state index is 12.9. The molecule has 0 aromatic heterocycles. The zero-order chi connectivity index (χ0) is 59.2. The van der Waals surface area contributed by atoms with Gasteiger partial charge in [0.2, 0.25) is 0 Å². The maximum Gasteiger partial charge on any atom is 0.306 e. The minimum Gasteiger partial charge on any atom is -0.462 e. The molecule has 0 aliphatic carbocycles. The normalized spacial score (nSPS) is 12.4. The summed E-state index contributed by atoms with van der Waals surface area (Å²) in [6.07, 6.45) is 91.6. The quantitative estimate of drug-likeness (QED) is 0.0261. The molecule has 0 spiro atoms. The number of carbonyl (C=O) groups excluding carboxylic acids is 3. The maximum atomic E-state index is 12.9. The van der Waals surface area contributed by atoms with E-state index in [9.17, 15) is 14.4 Å². The van der Waals surface area contributed by atoms with Gasteiger partial charge in [-0.3, -0.25) is 14.4 Å². The molecule has 0 saturated heterocycles. The van der Waals surface area contributed by atoms with E-state index in [1.165, 1.54) is 257 Å². The SMILES string of the molecule is CC/C=C\C/C=C\C/C=C\C/C=C\C/C=C\CCCCCCCCCCCCCCCCCCCC(=O)OCC(COC(=O)CCCCCCCC)OC(=O)CCCCCCCCCCCCCCCCCCCCCCCCCCC. The number of esters is 3. The van der Waals surface area contributed by atoms with Crippen LogP contribution in [0.5, 0.6) is 0 Å². The Morgan fingerprint density at radius 2 is 0.476 bits per heavy atom. The summed E-state index contributed by atoms with van der Waals surface area (Å²) < 4.78 is 16.9. The van der Waals surface area contributed by atoms with Gasteiger partial charge in [-0.05, 0) is 64.2 Å². The number of hydrogen-bond donors (Lipinski definition) is 0. The predicted octanol–water partition coefficient (Wildman–Crippen LogP) is 25.1. The summed E-state index contributed by atoms with van der Waals surface area (Å²) in [6.45, 7) is 6.53. The zero-order valence-corrected chi connectivity index (χ0v) is 55.0. The third-order valence-electron chi connectivity index (χ3n) is 16.3.